The van der Waals surface area contributed by atoms with Gasteiger partial charge in [-0.1, -0.05) is 85.2 Å². The van der Waals surface area contributed by atoms with E-state index in [-0.39, 0.29) is 112 Å². The summed E-state index contributed by atoms with van der Waals surface area (Å²) >= 11 is 1.49. The van der Waals surface area contributed by atoms with Gasteiger partial charge in [-0.25, -0.2) is 10.9 Å². The van der Waals surface area contributed by atoms with Gasteiger partial charge in [-0.15, -0.1) is 11.3 Å². The Bertz CT molecular complexity index is 1910. The van der Waals surface area contributed by atoms with Crippen LogP contribution in [0.15, 0.2) is 41.9 Å². The molecule has 1 fully saturated rings. The van der Waals surface area contributed by atoms with E-state index in [4.69, 9.17) is 24.8 Å². The molecule has 2 aromatic rings. The highest BCUT2D eigenvalue weighted by atomic mass is 32.1. The van der Waals surface area contributed by atoms with Crippen LogP contribution >= 0.6 is 11.3 Å². The molecule has 0 radical (unpaired) electrons. The molecule has 0 unspecified atom stereocenters. The summed E-state index contributed by atoms with van der Waals surface area (Å²) in [5.41, 5.74) is 1.07. The summed E-state index contributed by atoms with van der Waals surface area (Å²) in [4.78, 5) is 95.8. The Morgan fingerprint density at radius 2 is 1.58 bits per heavy atom. The molecule has 71 heavy (non-hydrogen) atoms. The summed E-state index contributed by atoms with van der Waals surface area (Å²) in [5, 5.41) is 11.5. The number of aromatic nitrogens is 1. The zero-order valence-electron chi connectivity index (χ0n) is 44.1. The van der Waals surface area contributed by atoms with Crippen LogP contribution in [0.1, 0.15) is 104 Å². The van der Waals surface area contributed by atoms with Crippen LogP contribution in [0, 0.1) is 23.7 Å². The summed E-state index contributed by atoms with van der Waals surface area (Å²) in [5.74, 6) is 1.76. The topological polar surface area (TPSA) is 233 Å². The minimum Gasteiger partial charge on any atom is -0.379 e. The summed E-state index contributed by atoms with van der Waals surface area (Å²) in [6.07, 6.45) is 3.98. The number of nitrogens with zero attached hydrogens (tertiary/aromatic N) is 4. The predicted molar refractivity (Wildman–Crippen MR) is 271 cm³/mol. The molecular weight excluding hydrogens is 933 g/mol. The van der Waals surface area contributed by atoms with Gasteiger partial charge in [0.25, 0.3) is 0 Å². The van der Waals surface area contributed by atoms with Crippen molar-refractivity contribution in [1.82, 2.24) is 35.6 Å². The second kappa shape index (κ2) is 31.8. The first-order chi connectivity index (χ1) is 33.9. The zero-order chi connectivity index (χ0) is 52.6. The number of methoxy groups -OCH3 is 2. The second-order valence-electron chi connectivity index (χ2n) is 19.2. The summed E-state index contributed by atoms with van der Waals surface area (Å²) < 4.78 is 23.2. The van der Waals surface area contributed by atoms with Crippen LogP contribution in [0.4, 0.5) is 0 Å². The Morgan fingerprint density at radius 3 is 2.17 bits per heavy atom. The molecule has 0 aliphatic carbocycles. The van der Waals surface area contributed by atoms with Crippen molar-refractivity contribution in [3.63, 3.8) is 0 Å². The number of nitrogens with one attached hydrogen (secondary N) is 3. The highest BCUT2D eigenvalue weighted by Crippen LogP contribution is 2.31. The standard InChI is InChI=1S/C51H84N8O11S/c1-12-17-35(6)46(58(9)51(65)44(33(2)3)56-49(64)45(34(4)5)57(8)42(61)21-25-68-27-28-69-26-22-53-41(60)32-70-52)40(66-10)31-43(62)59-24-16-20-39(59)47(67-11)36(7)48(63)55-38(50-54-23-29-71-50)30-37-18-14-13-15-19-37/h13-15,18-19,23,29,33-36,38-40,44-47H,12,16-17,20-22,24-28,30-32,52H2,1-11H3,(H,53,60)(H,55,63)(H,56,64)/t35-,36+,38-,39-,40+,44-,45-,46-,47+/m0/s1. The number of carbonyl (C=O) groups excluding carboxylic acids is 6. The van der Waals surface area contributed by atoms with Crippen LogP contribution in [0.25, 0.3) is 0 Å². The van der Waals surface area contributed by atoms with E-state index in [2.05, 4.69) is 32.7 Å². The summed E-state index contributed by atoms with van der Waals surface area (Å²) in [6, 6.07) is 6.87. The van der Waals surface area contributed by atoms with E-state index in [1.807, 2.05) is 82.2 Å². The first kappa shape index (κ1) is 60.7. The molecule has 9 atom stereocenters. The number of benzene rings is 1. The van der Waals surface area contributed by atoms with E-state index >= 15 is 0 Å². The van der Waals surface area contributed by atoms with Gasteiger partial charge in [0.2, 0.25) is 35.4 Å². The van der Waals surface area contributed by atoms with Crippen molar-refractivity contribution in [3.8, 4) is 0 Å². The minimum atomic E-state index is -0.951. The maximum atomic E-state index is 14.7. The molecule has 6 amide bonds. The fraction of sp³-hybridized carbons (Fsp3) is 0.706. The Hall–Kier alpha value is -4.57. The van der Waals surface area contributed by atoms with Gasteiger partial charge in [0.1, 0.15) is 23.7 Å². The summed E-state index contributed by atoms with van der Waals surface area (Å²) in [7, 11) is 6.40. The van der Waals surface area contributed by atoms with Gasteiger partial charge in [-0.05, 0) is 49.0 Å². The van der Waals surface area contributed by atoms with Gasteiger partial charge in [0.05, 0.1) is 75.5 Å². The van der Waals surface area contributed by atoms with Crippen LogP contribution in [0.3, 0.4) is 0 Å². The first-order valence-electron chi connectivity index (χ1n) is 25.1. The number of hydrogen-bond acceptors (Lipinski definition) is 14. The molecule has 19 nitrogen and oxygen atoms in total. The van der Waals surface area contributed by atoms with E-state index in [0.29, 0.717) is 19.4 Å². The van der Waals surface area contributed by atoms with E-state index in [1.54, 1.807) is 39.4 Å². The van der Waals surface area contributed by atoms with Gasteiger partial charge in [-0.2, -0.15) is 0 Å². The van der Waals surface area contributed by atoms with E-state index < -0.39 is 42.2 Å². The SMILES string of the molecule is CCC[C@H](C)[C@@H]([C@@H](CC(=O)N1CCC[C@H]1[C@H](OC)[C@@H](C)C(=O)N[C@@H](Cc1ccccc1)c1nccs1)OC)N(C)C(=O)[C@@H](NC(=O)[C@H](C(C)C)N(C)C(=O)CCOCCOCCNC(=O)CON)C(C)C. The van der Waals surface area contributed by atoms with Crippen molar-refractivity contribution in [2.24, 2.45) is 29.6 Å². The Kier molecular flexibility index (Phi) is 27.2. The van der Waals surface area contributed by atoms with Crippen molar-refractivity contribution >= 4 is 46.8 Å². The third-order valence-electron chi connectivity index (χ3n) is 13.3. The zero-order valence-corrected chi connectivity index (χ0v) is 44.9. The molecule has 0 saturated carbocycles. The Labute approximate surface area is 425 Å². The van der Waals surface area contributed by atoms with Crippen LogP contribution < -0.4 is 21.8 Å². The molecule has 1 saturated heterocycles. The number of hydrogen-bond donors (Lipinski definition) is 4. The van der Waals surface area contributed by atoms with Gasteiger partial charge >= 0.3 is 0 Å². The van der Waals surface area contributed by atoms with Gasteiger partial charge in [0.15, 0.2) is 0 Å². The van der Waals surface area contributed by atoms with Crippen molar-refractivity contribution < 1.29 is 52.6 Å². The quantitative estimate of drug-likeness (QED) is 0.0588. The number of likely N-dealkylation sites (N-methyl/N-ethyl adjacent to an activating group) is 2. The number of thiazole rings is 1. The first-order valence-corrected chi connectivity index (χ1v) is 25.9. The lowest BCUT2D eigenvalue weighted by atomic mass is 9.88. The monoisotopic (exact) mass is 1020 g/mol. The average molecular weight is 1020 g/mol. The van der Waals surface area contributed by atoms with Crippen LogP contribution in [-0.2, 0) is 59.0 Å². The van der Waals surface area contributed by atoms with Crippen molar-refractivity contribution in [2.45, 2.75) is 136 Å². The fourth-order valence-electron chi connectivity index (χ4n) is 9.55. The van der Waals surface area contributed by atoms with Gasteiger partial charge in [-0.3, -0.25) is 33.6 Å². The van der Waals surface area contributed by atoms with Gasteiger partial charge < -0.3 is 49.6 Å². The number of amides is 6. The van der Waals surface area contributed by atoms with E-state index in [0.717, 1.165) is 29.8 Å². The van der Waals surface area contributed by atoms with Gasteiger partial charge in [0, 0.05) is 53.0 Å². The Balaban J connectivity index is 1.70. The molecular formula is C51H84N8O11S. The van der Waals surface area contributed by atoms with E-state index in [1.165, 1.54) is 16.2 Å². The highest BCUT2D eigenvalue weighted by Gasteiger charge is 2.44. The molecule has 1 aromatic heterocycles. The average Bonchev–Trinajstić information content (AvgIpc) is 4.06. The number of carbonyl (C=O) groups is 6. The lowest BCUT2D eigenvalue weighted by Crippen LogP contribution is -2.60. The van der Waals surface area contributed by atoms with Crippen LogP contribution in [0.2, 0.25) is 0 Å². The van der Waals surface area contributed by atoms with E-state index in [9.17, 15) is 28.8 Å². The molecule has 20 heteroatoms. The van der Waals surface area contributed by atoms with Crippen molar-refractivity contribution in [3.05, 3.63) is 52.5 Å². The molecule has 3 rings (SSSR count). The molecule has 400 valence electrons. The molecule has 2 heterocycles. The predicted octanol–water partition coefficient (Wildman–Crippen LogP) is 3.91. The third kappa shape index (κ3) is 18.8. The molecule has 5 N–H and O–H groups in total. The maximum absolute atomic E-state index is 14.7. The third-order valence-corrected chi connectivity index (χ3v) is 14.2. The number of ether oxygens (including phenoxy) is 4. The molecule has 1 aliphatic rings. The van der Waals surface area contributed by atoms with Crippen molar-refractivity contribution in [1.29, 1.82) is 0 Å². The Morgan fingerprint density at radius 1 is 0.887 bits per heavy atom. The fourth-order valence-corrected chi connectivity index (χ4v) is 10.2. The van der Waals surface area contributed by atoms with Crippen molar-refractivity contribution in [2.75, 3.05) is 74.4 Å². The maximum Gasteiger partial charge on any atom is 0.248 e. The number of nitrogens with two attached hydrogens (primary N) is 1. The largest absolute Gasteiger partial charge is 0.379 e. The molecule has 0 spiro atoms. The highest BCUT2D eigenvalue weighted by molar-refractivity contribution is 7.09. The molecule has 0 bridgehead atoms. The molecule has 1 aliphatic heterocycles. The molecule has 1 aromatic carbocycles. The smallest absolute Gasteiger partial charge is 0.248 e. The number of rotatable bonds is 33. The lowest BCUT2D eigenvalue weighted by Gasteiger charge is -2.41. The number of likely N-dealkylation sites (tertiary alicyclic amines) is 1. The normalized spacial score (nSPS) is 17.2. The lowest BCUT2D eigenvalue weighted by molar-refractivity contribution is -0.148. The van der Waals surface area contributed by atoms with Crippen LogP contribution in [-0.4, -0.2) is 166 Å². The second-order valence-corrected chi connectivity index (χ2v) is 20.1. The summed E-state index contributed by atoms with van der Waals surface area (Å²) in [6.45, 7) is 14.7. The minimum absolute atomic E-state index is 0.0211. The van der Waals surface area contributed by atoms with Crippen LogP contribution in [0.5, 0.6) is 0 Å².